The van der Waals surface area contributed by atoms with Gasteiger partial charge in [-0.05, 0) is 38.5 Å². The van der Waals surface area contributed by atoms with Crippen molar-refractivity contribution in [2.24, 2.45) is 11.8 Å². The lowest BCUT2D eigenvalue weighted by Gasteiger charge is -2.35. The Labute approximate surface area is 130 Å². The fourth-order valence-electron chi connectivity index (χ4n) is 3.12. The molecule has 0 aliphatic heterocycles. The number of aliphatic hydroxyl groups excluding tert-OH is 1. The van der Waals surface area contributed by atoms with Gasteiger partial charge < -0.3 is 19.9 Å². The average Bonchev–Trinajstić information content (AvgIpc) is 2.44. The summed E-state index contributed by atoms with van der Waals surface area (Å²) in [6.07, 6.45) is 5.01. The first kappa shape index (κ1) is 18.9. The van der Waals surface area contributed by atoms with Crippen LogP contribution in [0.25, 0.3) is 0 Å². The van der Waals surface area contributed by atoms with E-state index in [1.54, 1.807) is 0 Å². The maximum absolute atomic E-state index is 9.98. The Morgan fingerprint density at radius 1 is 1.10 bits per heavy atom. The second-order valence-electron chi connectivity index (χ2n) is 6.86. The summed E-state index contributed by atoms with van der Waals surface area (Å²) in [5, 5.41) is 13.5. The maximum atomic E-state index is 9.98. The van der Waals surface area contributed by atoms with Crippen molar-refractivity contribution in [1.82, 2.24) is 5.32 Å². The van der Waals surface area contributed by atoms with E-state index in [4.69, 9.17) is 9.47 Å². The van der Waals surface area contributed by atoms with Gasteiger partial charge in [0.15, 0.2) is 0 Å². The van der Waals surface area contributed by atoms with Crippen LogP contribution >= 0.6 is 0 Å². The molecule has 0 heterocycles. The molecule has 1 aliphatic rings. The van der Waals surface area contributed by atoms with E-state index in [-0.39, 0.29) is 6.10 Å². The zero-order chi connectivity index (χ0) is 15.7. The molecule has 0 aromatic rings. The van der Waals surface area contributed by atoms with Crippen molar-refractivity contribution >= 4 is 0 Å². The van der Waals surface area contributed by atoms with E-state index >= 15 is 0 Å². The highest BCUT2D eigenvalue weighted by atomic mass is 16.5. The standard InChI is InChI=1S/C17H35NO3/c1-13(2)16-7-5-6-8-17(16)18-11-15(19)12-20-9-10-21-14(3)4/h13-19H,5-12H2,1-4H3. The Hall–Kier alpha value is -0.160. The fourth-order valence-corrected chi connectivity index (χ4v) is 3.12. The van der Waals surface area contributed by atoms with Crippen molar-refractivity contribution < 1.29 is 14.6 Å². The lowest BCUT2D eigenvalue weighted by molar-refractivity contribution is -0.0114. The van der Waals surface area contributed by atoms with Crippen molar-refractivity contribution in [3.8, 4) is 0 Å². The molecule has 3 atom stereocenters. The van der Waals surface area contributed by atoms with Crippen LogP contribution in [-0.2, 0) is 9.47 Å². The smallest absolute Gasteiger partial charge is 0.0897 e. The van der Waals surface area contributed by atoms with Crippen LogP contribution in [0.5, 0.6) is 0 Å². The first-order chi connectivity index (χ1) is 10.0. The fraction of sp³-hybridized carbons (Fsp3) is 1.00. The van der Waals surface area contributed by atoms with E-state index in [0.29, 0.717) is 38.3 Å². The summed E-state index contributed by atoms with van der Waals surface area (Å²) >= 11 is 0. The van der Waals surface area contributed by atoms with Gasteiger partial charge in [-0.15, -0.1) is 0 Å². The molecule has 1 saturated carbocycles. The second-order valence-corrected chi connectivity index (χ2v) is 6.86. The first-order valence-corrected chi connectivity index (χ1v) is 8.61. The number of rotatable bonds is 10. The predicted octanol–water partition coefficient (Wildman–Crippen LogP) is 2.59. The third-order valence-corrected chi connectivity index (χ3v) is 4.28. The van der Waals surface area contributed by atoms with Crippen molar-refractivity contribution in [2.45, 2.75) is 71.6 Å². The Morgan fingerprint density at radius 2 is 1.81 bits per heavy atom. The quantitative estimate of drug-likeness (QED) is 0.609. The van der Waals surface area contributed by atoms with E-state index in [9.17, 15) is 5.11 Å². The summed E-state index contributed by atoms with van der Waals surface area (Å²) in [5.74, 6) is 1.45. The molecule has 0 aromatic carbocycles. The molecule has 4 nitrogen and oxygen atoms in total. The normalized spacial score (nSPS) is 24.7. The molecule has 0 spiro atoms. The zero-order valence-electron chi connectivity index (χ0n) is 14.3. The van der Waals surface area contributed by atoms with Crippen LogP contribution in [0.3, 0.4) is 0 Å². The first-order valence-electron chi connectivity index (χ1n) is 8.61. The molecule has 1 aliphatic carbocycles. The van der Waals surface area contributed by atoms with Crippen LogP contribution in [0, 0.1) is 11.8 Å². The van der Waals surface area contributed by atoms with Crippen molar-refractivity contribution in [1.29, 1.82) is 0 Å². The lowest BCUT2D eigenvalue weighted by Crippen LogP contribution is -2.44. The largest absolute Gasteiger partial charge is 0.389 e. The third kappa shape index (κ3) is 8.15. The summed E-state index contributed by atoms with van der Waals surface area (Å²) in [6, 6.07) is 0.553. The topological polar surface area (TPSA) is 50.7 Å². The lowest BCUT2D eigenvalue weighted by atomic mass is 9.78. The minimum absolute atomic E-state index is 0.236. The third-order valence-electron chi connectivity index (χ3n) is 4.28. The number of hydrogen-bond donors (Lipinski definition) is 2. The molecule has 2 N–H and O–H groups in total. The van der Waals surface area contributed by atoms with Gasteiger partial charge in [0.2, 0.25) is 0 Å². The van der Waals surface area contributed by atoms with E-state index in [1.165, 1.54) is 25.7 Å². The Morgan fingerprint density at radius 3 is 2.48 bits per heavy atom. The number of hydrogen-bond acceptors (Lipinski definition) is 4. The highest BCUT2D eigenvalue weighted by molar-refractivity contribution is 4.83. The maximum Gasteiger partial charge on any atom is 0.0897 e. The van der Waals surface area contributed by atoms with E-state index in [0.717, 1.165) is 5.92 Å². The molecule has 21 heavy (non-hydrogen) atoms. The van der Waals surface area contributed by atoms with E-state index < -0.39 is 6.10 Å². The van der Waals surface area contributed by atoms with Gasteiger partial charge in [-0.25, -0.2) is 0 Å². The number of aliphatic hydroxyl groups is 1. The van der Waals surface area contributed by atoms with Crippen LogP contribution in [0.1, 0.15) is 53.4 Å². The Bertz CT molecular complexity index is 258. The van der Waals surface area contributed by atoms with Gasteiger partial charge in [-0.1, -0.05) is 26.7 Å². The summed E-state index contributed by atoms with van der Waals surface area (Å²) < 4.78 is 10.8. The van der Waals surface area contributed by atoms with Crippen molar-refractivity contribution in [3.05, 3.63) is 0 Å². The molecule has 126 valence electrons. The van der Waals surface area contributed by atoms with E-state index in [2.05, 4.69) is 19.2 Å². The highest BCUT2D eigenvalue weighted by Gasteiger charge is 2.27. The highest BCUT2D eigenvalue weighted by Crippen LogP contribution is 2.30. The number of ether oxygens (including phenoxy) is 2. The molecule has 0 bridgehead atoms. The van der Waals surface area contributed by atoms with Crippen LogP contribution in [0.2, 0.25) is 0 Å². The van der Waals surface area contributed by atoms with Gasteiger partial charge in [0.05, 0.1) is 32.0 Å². The van der Waals surface area contributed by atoms with Crippen LogP contribution in [-0.4, -0.2) is 49.7 Å². The van der Waals surface area contributed by atoms with Crippen molar-refractivity contribution in [3.63, 3.8) is 0 Å². The van der Waals surface area contributed by atoms with Gasteiger partial charge in [0, 0.05) is 12.6 Å². The minimum Gasteiger partial charge on any atom is -0.389 e. The van der Waals surface area contributed by atoms with Crippen LogP contribution < -0.4 is 5.32 Å². The van der Waals surface area contributed by atoms with Gasteiger partial charge in [-0.2, -0.15) is 0 Å². The van der Waals surface area contributed by atoms with Gasteiger partial charge in [0.1, 0.15) is 0 Å². The molecule has 3 unspecified atom stereocenters. The van der Waals surface area contributed by atoms with Crippen molar-refractivity contribution in [2.75, 3.05) is 26.4 Å². The molecule has 0 amide bonds. The monoisotopic (exact) mass is 301 g/mol. The molecule has 4 heteroatoms. The SMILES string of the molecule is CC(C)OCCOCC(O)CNC1CCCCC1C(C)C. The second kappa shape index (κ2) is 10.5. The van der Waals surface area contributed by atoms with Crippen LogP contribution in [0.15, 0.2) is 0 Å². The number of nitrogens with one attached hydrogen (secondary N) is 1. The van der Waals surface area contributed by atoms with Crippen LogP contribution in [0.4, 0.5) is 0 Å². The average molecular weight is 301 g/mol. The Kier molecular flexibility index (Phi) is 9.49. The van der Waals surface area contributed by atoms with Gasteiger partial charge in [-0.3, -0.25) is 0 Å². The van der Waals surface area contributed by atoms with Gasteiger partial charge >= 0.3 is 0 Å². The minimum atomic E-state index is -0.432. The summed E-state index contributed by atoms with van der Waals surface area (Å²) in [5.41, 5.74) is 0. The Balaban J connectivity index is 2.12. The molecule has 1 fully saturated rings. The van der Waals surface area contributed by atoms with E-state index in [1.807, 2.05) is 13.8 Å². The zero-order valence-corrected chi connectivity index (χ0v) is 14.3. The summed E-state index contributed by atoms with van der Waals surface area (Å²) in [6.45, 7) is 10.8. The molecular weight excluding hydrogens is 266 g/mol. The molecular formula is C17H35NO3. The summed E-state index contributed by atoms with van der Waals surface area (Å²) in [7, 11) is 0. The molecule has 0 saturated heterocycles. The predicted molar refractivity (Wildman–Crippen MR) is 86.5 cm³/mol. The summed E-state index contributed by atoms with van der Waals surface area (Å²) in [4.78, 5) is 0. The van der Waals surface area contributed by atoms with Gasteiger partial charge in [0.25, 0.3) is 0 Å². The molecule has 0 radical (unpaired) electrons. The molecule has 1 rings (SSSR count). The molecule has 0 aromatic heterocycles.